The Morgan fingerprint density at radius 3 is 2.21 bits per heavy atom. The zero-order chi connectivity index (χ0) is 17.7. The molecule has 1 atom stereocenters. The zero-order valence-electron chi connectivity index (χ0n) is 13.6. The minimum absolute atomic E-state index is 0.0746. The van der Waals surface area contributed by atoms with E-state index in [1.807, 2.05) is 19.1 Å². The standard InChI is InChI=1S/C17H21N3O2S2/c1-3-13-4-8-15(9-5-13)20-17(23)19-12(2)14-6-10-16(11-7-14)24(18,21)22/h4-12H,3H2,1-2H3,(H2,18,21,22)(H2,19,20,23)/t12-/m0/s1. The van der Waals surface area contributed by atoms with Crippen molar-refractivity contribution in [3.8, 4) is 0 Å². The van der Waals surface area contributed by atoms with Gasteiger partial charge in [-0.15, -0.1) is 0 Å². The molecular formula is C17H21N3O2S2. The number of nitrogens with one attached hydrogen (secondary N) is 2. The molecule has 0 heterocycles. The molecular weight excluding hydrogens is 342 g/mol. The number of benzene rings is 2. The van der Waals surface area contributed by atoms with Gasteiger partial charge >= 0.3 is 0 Å². The summed E-state index contributed by atoms with van der Waals surface area (Å²) < 4.78 is 22.5. The minimum atomic E-state index is -3.67. The molecule has 0 fully saturated rings. The highest BCUT2D eigenvalue weighted by atomic mass is 32.2. The SMILES string of the molecule is CCc1ccc(NC(=S)N[C@@H](C)c2ccc(S(N)(=O)=O)cc2)cc1. The maximum Gasteiger partial charge on any atom is 0.238 e. The molecule has 0 radical (unpaired) electrons. The summed E-state index contributed by atoms with van der Waals surface area (Å²) in [6.45, 7) is 4.05. The predicted molar refractivity (Wildman–Crippen MR) is 101 cm³/mol. The van der Waals surface area contributed by atoms with E-state index in [-0.39, 0.29) is 10.9 Å². The number of hydrogen-bond acceptors (Lipinski definition) is 3. The topological polar surface area (TPSA) is 84.2 Å². The zero-order valence-corrected chi connectivity index (χ0v) is 15.2. The van der Waals surface area contributed by atoms with E-state index in [2.05, 4.69) is 29.7 Å². The molecule has 0 amide bonds. The molecule has 0 aromatic heterocycles. The first-order valence-electron chi connectivity index (χ1n) is 7.59. The van der Waals surface area contributed by atoms with Gasteiger partial charge in [0.1, 0.15) is 0 Å². The Kier molecular flexibility index (Phi) is 5.93. The third kappa shape index (κ3) is 5.02. The average molecular weight is 364 g/mol. The summed E-state index contributed by atoms with van der Waals surface area (Å²) >= 11 is 5.32. The minimum Gasteiger partial charge on any atom is -0.356 e. The number of anilines is 1. The van der Waals surface area contributed by atoms with E-state index in [0.717, 1.165) is 17.7 Å². The van der Waals surface area contributed by atoms with Crippen molar-refractivity contribution in [1.29, 1.82) is 0 Å². The van der Waals surface area contributed by atoms with E-state index in [1.165, 1.54) is 17.7 Å². The monoisotopic (exact) mass is 363 g/mol. The summed E-state index contributed by atoms with van der Waals surface area (Å²) in [4.78, 5) is 0.0927. The van der Waals surface area contributed by atoms with Crippen molar-refractivity contribution in [2.45, 2.75) is 31.2 Å². The van der Waals surface area contributed by atoms with E-state index < -0.39 is 10.0 Å². The van der Waals surface area contributed by atoms with Crippen molar-refractivity contribution in [3.63, 3.8) is 0 Å². The molecule has 0 saturated heterocycles. The van der Waals surface area contributed by atoms with Gasteiger partial charge in [0.05, 0.1) is 10.9 Å². The first-order chi connectivity index (χ1) is 11.3. The van der Waals surface area contributed by atoms with Crippen molar-refractivity contribution in [1.82, 2.24) is 5.32 Å². The van der Waals surface area contributed by atoms with Gasteiger partial charge in [0.25, 0.3) is 0 Å². The van der Waals surface area contributed by atoms with Crippen LogP contribution in [0.5, 0.6) is 0 Å². The lowest BCUT2D eigenvalue weighted by Crippen LogP contribution is -2.30. The lowest BCUT2D eigenvalue weighted by Gasteiger charge is -2.18. The van der Waals surface area contributed by atoms with Gasteiger partial charge < -0.3 is 10.6 Å². The van der Waals surface area contributed by atoms with Crippen LogP contribution in [0.2, 0.25) is 0 Å². The Hall–Kier alpha value is -1.96. The van der Waals surface area contributed by atoms with E-state index in [4.69, 9.17) is 17.4 Å². The molecule has 0 aliphatic rings. The van der Waals surface area contributed by atoms with Crippen LogP contribution in [0, 0.1) is 0 Å². The van der Waals surface area contributed by atoms with Crippen molar-refractivity contribution < 1.29 is 8.42 Å². The van der Waals surface area contributed by atoms with Gasteiger partial charge in [-0.3, -0.25) is 0 Å². The van der Waals surface area contributed by atoms with Crippen molar-refractivity contribution in [3.05, 3.63) is 59.7 Å². The van der Waals surface area contributed by atoms with Crippen LogP contribution in [-0.4, -0.2) is 13.5 Å². The van der Waals surface area contributed by atoms with Gasteiger partial charge in [-0.25, -0.2) is 13.6 Å². The molecule has 7 heteroatoms. The molecule has 2 aromatic carbocycles. The Labute approximate surface area is 148 Å². The summed E-state index contributed by atoms with van der Waals surface area (Å²) in [5, 5.41) is 11.9. The lowest BCUT2D eigenvalue weighted by atomic mass is 10.1. The molecule has 128 valence electrons. The fraction of sp³-hybridized carbons (Fsp3) is 0.235. The van der Waals surface area contributed by atoms with E-state index in [9.17, 15) is 8.42 Å². The van der Waals surface area contributed by atoms with Crippen LogP contribution >= 0.6 is 12.2 Å². The highest BCUT2D eigenvalue weighted by Gasteiger charge is 2.11. The van der Waals surface area contributed by atoms with Crippen molar-refractivity contribution >= 4 is 33.0 Å². The summed E-state index contributed by atoms with van der Waals surface area (Å²) in [6.07, 6.45) is 0.995. The summed E-state index contributed by atoms with van der Waals surface area (Å²) in [5.74, 6) is 0. The Bertz CT molecular complexity index is 801. The van der Waals surface area contributed by atoms with E-state index in [1.54, 1.807) is 12.1 Å². The second-order valence-corrected chi connectivity index (χ2v) is 7.45. The van der Waals surface area contributed by atoms with Crippen LogP contribution in [-0.2, 0) is 16.4 Å². The number of sulfonamides is 1. The molecule has 5 nitrogen and oxygen atoms in total. The van der Waals surface area contributed by atoms with Crippen LogP contribution in [0.25, 0.3) is 0 Å². The highest BCUT2D eigenvalue weighted by molar-refractivity contribution is 7.89. The van der Waals surface area contributed by atoms with E-state index >= 15 is 0 Å². The number of thiocarbonyl (C=S) groups is 1. The number of nitrogens with two attached hydrogens (primary N) is 1. The second-order valence-electron chi connectivity index (χ2n) is 5.48. The van der Waals surface area contributed by atoms with Crippen molar-refractivity contribution in [2.75, 3.05) is 5.32 Å². The highest BCUT2D eigenvalue weighted by Crippen LogP contribution is 2.16. The molecule has 2 rings (SSSR count). The van der Waals surface area contributed by atoms with E-state index in [0.29, 0.717) is 5.11 Å². The summed E-state index contributed by atoms with van der Waals surface area (Å²) in [6, 6.07) is 14.4. The van der Waals surface area contributed by atoms with Gasteiger partial charge in [-0.1, -0.05) is 31.2 Å². The predicted octanol–water partition coefficient (Wildman–Crippen LogP) is 2.94. The van der Waals surface area contributed by atoms with Crippen LogP contribution in [0.15, 0.2) is 53.4 Å². The molecule has 0 spiro atoms. The van der Waals surface area contributed by atoms with Gasteiger partial charge in [-0.05, 0) is 61.0 Å². The Balaban J connectivity index is 1.97. The van der Waals surface area contributed by atoms with Gasteiger partial charge in [0.2, 0.25) is 10.0 Å². The third-order valence-corrected chi connectivity index (χ3v) is 4.83. The molecule has 0 saturated carbocycles. The molecule has 0 unspecified atom stereocenters. The second kappa shape index (κ2) is 7.74. The van der Waals surface area contributed by atoms with Crippen LogP contribution in [0.4, 0.5) is 5.69 Å². The Morgan fingerprint density at radius 2 is 1.71 bits per heavy atom. The van der Waals surface area contributed by atoms with Crippen LogP contribution < -0.4 is 15.8 Å². The number of primary sulfonamides is 1. The maximum atomic E-state index is 11.3. The largest absolute Gasteiger partial charge is 0.356 e. The summed E-state index contributed by atoms with van der Waals surface area (Å²) in [7, 11) is -3.67. The molecule has 0 aliphatic carbocycles. The fourth-order valence-corrected chi connectivity index (χ4v) is 3.03. The molecule has 2 aromatic rings. The smallest absolute Gasteiger partial charge is 0.238 e. The molecule has 4 N–H and O–H groups in total. The Morgan fingerprint density at radius 1 is 1.12 bits per heavy atom. The molecule has 0 bridgehead atoms. The number of rotatable bonds is 5. The van der Waals surface area contributed by atoms with Crippen LogP contribution in [0.1, 0.15) is 31.0 Å². The van der Waals surface area contributed by atoms with Gasteiger partial charge in [0, 0.05) is 5.69 Å². The third-order valence-electron chi connectivity index (χ3n) is 3.68. The fourth-order valence-electron chi connectivity index (χ4n) is 2.22. The lowest BCUT2D eigenvalue weighted by molar-refractivity contribution is 0.597. The quantitative estimate of drug-likeness (QED) is 0.711. The van der Waals surface area contributed by atoms with Gasteiger partial charge in [0.15, 0.2) is 5.11 Å². The molecule has 24 heavy (non-hydrogen) atoms. The van der Waals surface area contributed by atoms with Crippen LogP contribution in [0.3, 0.4) is 0 Å². The van der Waals surface area contributed by atoms with Gasteiger partial charge in [-0.2, -0.15) is 0 Å². The molecule has 0 aliphatic heterocycles. The average Bonchev–Trinajstić information content (AvgIpc) is 2.54. The first-order valence-corrected chi connectivity index (χ1v) is 9.54. The first kappa shape index (κ1) is 18.4. The van der Waals surface area contributed by atoms with Crippen molar-refractivity contribution in [2.24, 2.45) is 5.14 Å². The number of hydrogen-bond donors (Lipinski definition) is 3. The maximum absolute atomic E-state index is 11.3. The number of aryl methyl sites for hydroxylation is 1. The normalized spacial score (nSPS) is 12.5. The summed E-state index contributed by atoms with van der Waals surface area (Å²) in [5.41, 5.74) is 3.09.